The molecule has 2 aromatic rings. The Kier molecular flexibility index (Phi) is 4.75. The van der Waals surface area contributed by atoms with E-state index in [1.54, 1.807) is 48.5 Å². The van der Waals surface area contributed by atoms with E-state index < -0.39 is 0 Å². The first-order chi connectivity index (χ1) is 12.0. The first-order valence-corrected chi connectivity index (χ1v) is 8.52. The van der Waals surface area contributed by atoms with Gasteiger partial charge in [-0.3, -0.25) is 14.4 Å². The fraction of sp³-hybridized carbons (Fsp3) is 0.227. The van der Waals surface area contributed by atoms with Crippen LogP contribution < -0.4 is 0 Å². The molecule has 0 amide bonds. The number of carbonyl (C=O) groups is 3. The highest BCUT2D eigenvalue weighted by molar-refractivity contribution is 6.47. The van der Waals surface area contributed by atoms with Crippen molar-refractivity contribution in [1.82, 2.24) is 0 Å². The lowest BCUT2D eigenvalue weighted by atomic mass is 9.79. The number of Topliss-reactive ketones (excluding diaryl/α,β-unsaturated/α-hetero) is 3. The maximum Gasteiger partial charge on any atom is 0.198 e. The first kappa shape index (κ1) is 17.0. The fourth-order valence-electron chi connectivity index (χ4n) is 3.07. The van der Waals surface area contributed by atoms with Gasteiger partial charge in [-0.05, 0) is 17.9 Å². The number of allylic oxidation sites excluding steroid dienone is 2. The van der Waals surface area contributed by atoms with E-state index in [0.717, 1.165) is 0 Å². The highest BCUT2D eigenvalue weighted by Gasteiger charge is 2.35. The van der Waals surface area contributed by atoms with Crippen molar-refractivity contribution in [2.24, 2.45) is 5.92 Å². The van der Waals surface area contributed by atoms with Crippen LogP contribution in [0.4, 0.5) is 0 Å². The van der Waals surface area contributed by atoms with E-state index in [4.69, 9.17) is 0 Å². The normalized spacial score (nSPS) is 14.0. The maximum atomic E-state index is 13.1. The third-order valence-electron chi connectivity index (χ3n) is 4.41. The highest BCUT2D eigenvalue weighted by atomic mass is 16.2. The monoisotopic (exact) mass is 332 g/mol. The van der Waals surface area contributed by atoms with Gasteiger partial charge < -0.3 is 0 Å². The van der Waals surface area contributed by atoms with E-state index in [-0.39, 0.29) is 34.9 Å². The number of hydrogen-bond acceptors (Lipinski definition) is 3. The molecule has 25 heavy (non-hydrogen) atoms. The summed E-state index contributed by atoms with van der Waals surface area (Å²) in [5, 5.41) is 0. The van der Waals surface area contributed by atoms with Crippen molar-refractivity contribution in [1.29, 1.82) is 0 Å². The Morgan fingerprint density at radius 2 is 1.40 bits per heavy atom. The van der Waals surface area contributed by atoms with Crippen molar-refractivity contribution < 1.29 is 14.4 Å². The van der Waals surface area contributed by atoms with E-state index >= 15 is 0 Å². The molecular formula is C22H20O3. The lowest BCUT2D eigenvalue weighted by Gasteiger charge is -2.21. The van der Waals surface area contributed by atoms with Gasteiger partial charge >= 0.3 is 0 Å². The van der Waals surface area contributed by atoms with Gasteiger partial charge in [0.25, 0.3) is 0 Å². The lowest BCUT2D eigenvalue weighted by molar-refractivity contribution is -0.115. The molecule has 126 valence electrons. The van der Waals surface area contributed by atoms with Crippen LogP contribution in [0.3, 0.4) is 0 Å². The topological polar surface area (TPSA) is 51.2 Å². The molecule has 0 saturated carbocycles. The van der Waals surface area contributed by atoms with Crippen molar-refractivity contribution in [3.05, 3.63) is 76.9 Å². The molecule has 0 unspecified atom stereocenters. The number of hydrogen-bond donors (Lipinski definition) is 0. The average Bonchev–Trinajstić information content (AvgIpc) is 2.63. The average molecular weight is 332 g/mol. The van der Waals surface area contributed by atoms with Gasteiger partial charge in [0.1, 0.15) is 0 Å². The molecule has 0 fully saturated rings. The molecule has 1 aliphatic rings. The SMILES string of the molecule is CC(C)CCC(=O)C1=C(c2ccccc2)C(=O)c2ccccc2C1=O. The molecule has 3 rings (SSSR count). The zero-order chi connectivity index (χ0) is 18.0. The standard InChI is InChI=1S/C22H20O3/c1-14(2)12-13-18(23)20-19(15-8-4-3-5-9-15)21(24)16-10-6-7-11-17(16)22(20)25/h3-11,14H,12-13H2,1-2H3. The quantitative estimate of drug-likeness (QED) is 0.756. The molecule has 0 aliphatic heterocycles. The van der Waals surface area contributed by atoms with Crippen LogP contribution >= 0.6 is 0 Å². The zero-order valence-electron chi connectivity index (χ0n) is 14.4. The van der Waals surface area contributed by atoms with Crippen LogP contribution in [0.1, 0.15) is 53.0 Å². The summed E-state index contributed by atoms with van der Waals surface area (Å²) in [5.41, 5.74) is 1.57. The second-order valence-corrected chi connectivity index (χ2v) is 6.68. The Balaban J connectivity index is 2.17. The van der Waals surface area contributed by atoms with Gasteiger partial charge in [0.2, 0.25) is 0 Å². The van der Waals surface area contributed by atoms with Crippen molar-refractivity contribution >= 4 is 22.9 Å². The lowest BCUT2D eigenvalue weighted by Crippen LogP contribution is -2.26. The highest BCUT2D eigenvalue weighted by Crippen LogP contribution is 2.33. The van der Waals surface area contributed by atoms with E-state index in [1.165, 1.54) is 0 Å². The molecule has 2 aromatic carbocycles. The van der Waals surface area contributed by atoms with Crippen LogP contribution in [-0.4, -0.2) is 17.3 Å². The minimum Gasteiger partial charge on any atom is -0.294 e. The van der Waals surface area contributed by atoms with Crippen molar-refractivity contribution in [2.75, 3.05) is 0 Å². The number of rotatable bonds is 5. The fourth-order valence-corrected chi connectivity index (χ4v) is 3.07. The predicted octanol–water partition coefficient (Wildman–Crippen LogP) is 4.52. The molecule has 0 atom stereocenters. The summed E-state index contributed by atoms with van der Waals surface area (Å²) in [6, 6.07) is 15.7. The summed E-state index contributed by atoms with van der Waals surface area (Å²) in [6.07, 6.45) is 0.956. The van der Waals surface area contributed by atoms with Crippen LogP contribution in [0.15, 0.2) is 60.2 Å². The number of ketones is 3. The Labute approximate surface area is 147 Å². The maximum absolute atomic E-state index is 13.1. The minimum atomic E-state index is -0.345. The van der Waals surface area contributed by atoms with E-state index in [0.29, 0.717) is 29.0 Å². The minimum absolute atomic E-state index is 0.0375. The first-order valence-electron chi connectivity index (χ1n) is 8.52. The molecule has 0 saturated heterocycles. The Morgan fingerprint density at radius 1 is 0.840 bits per heavy atom. The molecule has 0 heterocycles. The van der Waals surface area contributed by atoms with Crippen LogP contribution in [0, 0.1) is 5.92 Å². The summed E-state index contributed by atoms with van der Waals surface area (Å²) >= 11 is 0. The van der Waals surface area contributed by atoms with Gasteiger partial charge in [-0.2, -0.15) is 0 Å². The number of benzene rings is 2. The molecular weight excluding hydrogens is 312 g/mol. The van der Waals surface area contributed by atoms with Gasteiger partial charge in [-0.1, -0.05) is 68.4 Å². The molecule has 0 spiro atoms. The van der Waals surface area contributed by atoms with Gasteiger partial charge in [0, 0.05) is 23.1 Å². The summed E-state index contributed by atoms with van der Waals surface area (Å²) in [7, 11) is 0. The molecule has 0 bridgehead atoms. The van der Waals surface area contributed by atoms with Crippen LogP contribution in [0.2, 0.25) is 0 Å². The van der Waals surface area contributed by atoms with Crippen LogP contribution in [0.5, 0.6) is 0 Å². The number of carbonyl (C=O) groups excluding carboxylic acids is 3. The smallest absolute Gasteiger partial charge is 0.198 e. The summed E-state index contributed by atoms with van der Waals surface area (Å²) in [5.74, 6) is -0.496. The largest absolute Gasteiger partial charge is 0.294 e. The van der Waals surface area contributed by atoms with Crippen LogP contribution in [0.25, 0.3) is 5.57 Å². The molecule has 1 aliphatic carbocycles. The predicted molar refractivity (Wildman–Crippen MR) is 97.5 cm³/mol. The van der Waals surface area contributed by atoms with Crippen LogP contribution in [-0.2, 0) is 4.79 Å². The second kappa shape index (κ2) is 6.98. The van der Waals surface area contributed by atoms with Gasteiger partial charge in [-0.15, -0.1) is 0 Å². The molecule has 3 nitrogen and oxygen atoms in total. The van der Waals surface area contributed by atoms with Gasteiger partial charge in [0.05, 0.1) is 5.57 Å². The van der Waals surface area contributed by atoms with Crippen molar-refractivity contribution in [2.45, 2.75) is 26.7 Å². The Hall–Kier alpha value is -2.81. The summed E-state index contributed by atoms with van der Waals surface area (Å²) < 4.78 is 0. The second-order valence-electron chi connectivity index (χ2n) is 6.68. The van der Waals surface area contributed by atoms with Gasteiger partial charge in [0.15, 0.2) is 17.3 Å². The summed E-state index contributed by atoms with van der Waals surface area (Å²) in [6.45, 7) is 4.06. The van der Waals surface area contributed by atoms with Crippen molar-refractivity contribution in [3.8, 4) is 0 Å². The molecule has 0 N–H and O–H groups in total. The Bertz CT molecular complexity index is 873. The number of fused-ring (bicyclic) bond motifs is 1. The van der Waals surface area contributed by atoms with Gasteiger partial charge in [-0.25, -0.2) is 0 Å². The Morgan fingerprint density at radius 3 is 2.00 bits per heavy atom. The third kappa shape index (κ3) is 3.22. The van der Waals surface area contributed by atoms with Crippen molar-refractivity contribution in [3.63, 3.8) is 0 Å². The molecule has 0 aromatic heterocycles. The molecule has 0 radical (unpaired) electrons. The van der Waals surface area contributed by atoms with E-state index in [2.05, 4.69) is 0 Å². The third-order valence-corrected chi connectivity index (χ3v) is 4.41. The zero-order valence-corrected chi connectivity index (χ0v) is 14.4. The van der Waals surface area contributed by atoms with E-state index in [1.807, 2.05) is 19.9 Å². The van der Waals surface area contributed by atoms with E-state index in [9.17, 15) is 14.4 Å². The molecule has 3 heteroatoms. The summed E-state index contributed by atoms with van der Waals surface area (Å²) in [4.78, 5) is 38.9.